The summed E-state index contributed by atoms with van der Waals surface area (Å²) in [6.45, 7) is 2.46. The van der Waals surface area contributed by atoms with Gasteiger partial charge in [-0.05, 0) is 38.0 Å². The molecule has 0 radical (unpaired) electrons. The fourth-order valence-electron chi connectivity index (χ4n) is 3.23. The lowest BCUT2D eigenvalue weighted by atomic mass is 9.74. The van der Waals surface area contributed by atoms with E-state index in [1.54, 1.807) is 18.1 Å². The number of nitrogens with two attached hydrogens (primary N) is 1. The third kappa shape index (κ3) is 3.73. The maximum absolute atomic E-state index is 12.8. The Hall–Kier alpha value is -1.26. The minimum absolute atomic E-state index is 0.103. The summed E-state index contributed by atoms with van der Waals surface area (Å²) in [7, 11) is 3.43. The molecular weight excluding hydrogens is 300 g/mol. The van der Waals surface area contributed by atoms with Crippen molar-refractivity contribution in [1.29, 1.82) is 0 Å². The van der Waals surface area contributed by atoms with Crippen molar-refractivity contribution in [3.05, 3.63) is 28.8 Å². The summed E-state index contributed by atoms with van der Waals surface area (Å²) < 4.78 is 5.35. The largest absolute Gasteiger partial charge is 0.496 e. The van der Waals surface area contributed by atoms with E-state index in [-0.39, 0.29) is 11.8 Å². The monoisotopic (exact) mass is 324 g/mol. The maximum Gasteiger partial charge on any atom is 0.227 e. The van der Waals surface area contributed by atoms with Crippen LogP contribution >= 0.6 is 11.6 Å². The van der Waals surface area contributed by atoms with Crippen molar-refractivity contribution in [3.63, 3.8) is 0 Å². The molecule has 22 heavy (non-hydrogen) atoms. The molecule has 1 aliphatic carbocycles. The molecular formula is C17H25ClN2O2. The van der Waals surface area contributed by atoms with E-state index >= 15 is 0 Å². The summed E-state index contributed by atoms with van der Waals surface area (Å²) in [5, 5.41) is 0.637. The number of ether oxygens (including phenoxy) is 1. The Morgan fingerprint density at radius 1 is 1.50 bits per heavy atom. The van der Waals surface area contributed by atoms with Gasteiger partial charge in [0.15, 0.2) is 0 Å². The first-order chi connectivity index (χ1) is 10.3. The second kappa shape index (κ2) is 6.88. The van der Waals surface area contributed by atoms with Crippen molar-refractivity contribution in [1.82, 2.24) is 4.90 Å². The summed E-state index contributed by atoms with van der Waals surface area (Å²) in [4.78, 5) is 14.5. The normalized spacial score (nSPS) is 24.9. The number of benzene rings is 1. The predicted octanol–water partition coefficient (Wildman–Crippen LogP) is 3.21. The predicted molar refractivity (Wildman–Crippen MR) is 89.0 cm³/mol. The number of hydrogen-bond donors (Lipinski definition) is 1. The topological polar surface area (TPSA) is 55.6 Å². The number of amides is 1. The molecule has 122 valence electrons. The lowest BCUT2D eigenvalue weighted by Crippen LogP contribution is -2.53. The number of hydrogen-bond acceptors (Lipinski definition) is 3. The Kier molecular flexibility index (Phi) is 5.35. The maximum atomic E-state index is 12.8. The molecule has 5 heteroatoms. The second-order valence-corrected chi connectivity index (χ2v) is 6.89. The molecule has 2 atom stereocenters. The number of halogens is 1. The van der Waals surface area contributed by atoms with Crippen LogP contribution in [0.5, 0.6) is 5.75 Å². The summed E-state index contributed by atoms with van der Waals surface area (Å²) >= 11 is 6.05. The van der Waals surface area contributed by atoms with Gasteiger partial charge in [-0.1, -0.05) is 24.4 Å². The standard InChI is InChI=1S/C17H25ClN2O2/c1-17(19)9-5-4-6-14(17)16(21)20(2)11-12-10-13(18)7-8-15(12)22-3/h7-8,10,14H,4-6,9,11,19H2,1-3H3. The minimum atomic E-state index is -0.415. The van der Waals surface area contributed by atoms with Gasteiger partial charge in [-0.25, -0.2) is 0 Å². The third-order valence-electron chi connectivity index (χ3n) is 4.58. The molecule has 2 N–H and O–H groups in total. The van der Waals surface area contributed by atoms with E-state index < -0.39 is 5.54 Å². The van der Waals surface area contributed by atoms with Gasteiger partial charge in [0.25, 0.3) is 0 Å². The number of carbonyl (C=O) groups excluding carboxylic acids is 1. The summed E-state index contributed by atoms with van der Waals surface area (Å²) in [5.41, 5.74) is 6.83. The zero-order valence-electron chi connectivity index (χ0n) is 13.6. The van der Waals surface area contributed by atoms with E-state index in [0.717, 1.165) is 37.0 Å². The quantitative estimate of drug-likeness (QED) is 0.925. The Morgan fingerprint density at radius 3 is 2.86 bits per heavy atom. The van der Waals surface area contributed by atoms with Crippen LogP contribution in [0.25, 0.3) is 0 Å². The van der Waals surface area contributed by atoms with E-state index in [0.29, 0.717) is 11.6 Å². The van der Waals surface area contributed by atoms with Crippen molar-refractivity contribution in [2.24, 2.45) is 11.7 Å². The van der Waals surface area contributed by atoms with E-state index in [4.69, 9.17) is 22.1 Å². The Labute approximate surface area is 137 Å². The van der Waals surface area contributed by atoms with Crippen LogP contribution in [0.2, 0.25) is 5.02 Å². The highest BCUT2D eigenvalue weighted by atomic mass is 35.5. The Bertz CT molecular complexity index is 545. The highest BCUT2D eigenvalue weighted by Crippen LogP contribution is 2.33. The van der Waals surface area contributed by atoms with Crippen molar-refractivity contribution < 1.29 is 9.53 Å². The molecule has 0 bridgehead atoms. The smallest absolute Gasteiger partial charge is 0.227 e. The van der Waals surface area contributed by atoms with Crippen LogP contribution < -0.4 is 10.5 Å². The number of carbonyl (C=O) groups is 1. The molecule has 2 unspecified atom stereocenters. The lowest BCUT2D eigenvalue weighted by molar-refractivity contribution is -0.138. The molecule has 0 heterocycles. The first-order valence-corrected chi connectivity index (χ1v) is 8.09. The number of rotatable bonds is 4. The van der Waals surface area contributed by atoms with Crippen LogP contribution in [-0.2, 0) is 11.3 Å². The van der Waals surface area contributed by atoms with Crippen molar-refractivity contribution >= 4 is 17.5 Å². The fraction of sp³-hybridized carbons (Fsp3) is 0.588. The molecule has 0 saturated heterocycles. The molecule has 1 amide bonds. The van der Waals surface area contributed by atoms with E-state index in [2.05, 4.69) is 0 Å². The van der Waals surface area contributed by atoms with Crippen LogP contribution in [0, 0.1) is 5.92 Å². The van der Waals surface area contributed by atoms with Gasteiger partial charge in [0.1, 0.15) is 5.75 Å². The van der Waals surface area contributed by atoms with Crippen molar-refractivity contribution in [3.8, 4) is 5.75 Å². The van der Waals surface area contributed by atoms with Gasteiger partial charge in [-0.3, -0.25) is 4.79 Å². The second-order valence-electron chi connectivity index (χ2n) is 6.45. The van der Waals surface area contributed by atoms with Gasteiger partial charge in [0, 0.05) is 29.7 Å². The van der Waals surface area contributed by atoms with Crippen LogP contribution in [0.1, 0.15) is 38.2 Å². The van der Waals surface area contributed by atoms with Gasteiger partial charge < -0.3 is 15.4 Å². The minimum Gasteiger partial charge on any atom is -0.496 e. The summed E-state index contributed by atoms with van der Waals surface area (Å²) in [6.07, 6.45) is 3.93. The Balaban J connectivity index is 2.13. The van der Waals surface area contributed by atoms with E-state index in [9.17, 15) is 4.79 Å². The number of methoxy groups -OCH3 is 1. The highest BCUT2D eigenvalue weighted by Gasteiger charge is 2.39. The lowest BCUT2D eigenvalue weighted by Gasteiger charge is -2.39. The van der Waals surface area contributed by atoms with E-state index in [1.165, 1.54) is 0 Å². The molecule has 2 rings (SSSR count). The molecule has 1 aromatic carbocycles. The third-order valence-corrected chi connectivity index (χ3v) is 4.81. The van der Waals surface area contributed by atoms with Crippen LogP contribution in [0.3, 0.4) is 0 Å². The van der Waals surface area contributed by atoms with Gasteiger partial charge in [0.05, 0.1) is 13.0 Å². The van der Waals surface area contributed by atoms with Crippen LogP contribution in [0.15, 0.2) is 18.2 Å². The van der Waals surface area contributed by atoms with Gasteiger partial charge in [0.2, 0.25) is 5.91 Å². The zero-order chi connectivity index (χ0) is 16.3. The average molecular weight is 325 g/mol. The average Bonchev–Trinajstić information content (AvgIpc) is 2.46. The van der Waals surface area contributed by atoms with E-state index in [1.807, 2.05) is 26.1 Å². The molecule has 1 fully saturated rings. The van der Waals surface area contributed by atoms with Gasteiger partial charge in [-0.2, -0.15) is 0 Å². The summed E-state index contributed by atoms with van der Waals surface area (Å²) in [6, 6.07) is 5.44. The molecule has 0 aromatic heterocycles. The van der Waals surface area contributed by atoms with Crippen LogP contribution in [-0.4, -0.2) is 30.5 Å². The molecule has 1 aliphatic rings. The molecule has 1 saturated carbocycles. The van der Waals surface area contributed by atoms with Gasteiger partial charge >= 0.3 is 0 Å². The SMILES string of the molecule is COc1ccc(Cl)cc1CN(C)C(=O)C1CCCCC1(C)N. The molecule has 1 aromatic rings. The molecule has 4 nitrogen and oxygen atoms in total. The Morgan fingerprint density at radius 2 is 2.23 bits per heavy atom. The zero-order valence-corrected chi connectivity index (χ0v) is 14.3. The fourth-order valence-corrected chi connectivity index (χ4v) is 3.43. The van der Waals surface area contributed by atoms with Gasteiger partial charge in [-0.15, -0.1) is 0 Å². The molecule has 0 aliphatic heterocycles. The van der Waals surface area contributed by atoms with Crippen LogP contribution in [0.4, 0.5) is 0 Å². The number of nitrogens with zero attached hydrogens (tertiary/aromatic N) is 1. The van der Waals surface area contributed by atoms with Crippen molar-refractivity contribution in [2.75, 3.05) is 14.2 Å². The molecule has 0 spiro atoms. The first-order valence-electron chi connectivity index (χ1n) is 7.71. The first kappa shape index (κ1) is 17.1. The highest BCUT2D eigenvalue weighted by molar-refractivity contribution is 6.30. The van der Waals surface area contributed by atoms with Crippen molar-refractivity contribution in [2.45, 2.75) is 44.7 Å². The summed E-state index contributed by atoms with van der Waals surface area (Å²) in [5.74, 6) is 0.728.